The Morgan fingerprint density at radius 1 is 0.946 bits per heavy atom. The van der Waals surface area contributed by atoms with Crippen molar-refractivity contribution in [1.82, 2.24) is 10.2 Å². The predicted octanol–water partition coefficient (Wildman–Crippen LogP) is 3.41. The van der Waals surface area contributed by atoms with Crippen LogP contribution in [0.3, 0.4) is 0 Å². The number of esters is 1. The fourth-order valence-electron chi connectivity index (χ4n) is 4.48. The molecule has 0 radical (unpaired) electrons. The quantitative estimate of drug-likeness (QED) is 0.283. The van der Waals surface area contributed by atoms with Gasteiger partial charge in [-0.1, -0.05) is 91.0 Å². The van der Waals surface area contributed by atoms with Crippen LogP contribution in [-0.4, -0.2) is 46.1 Å². The van der Waals surface area contributed by atoms with Gasteiger partial charge in [-0.05, 0) is 16.7 Å². The third-order valence-corrected chi connectivity index (χ3v) is 7.59. The molecule has 0 saturated carbocycles. The minimum Gasteiger partial charge on any atom is -0.448 e. The van der Waals surface area contributed by atoms with Crippen LogP contribution in [0, 0.1) is 0 Å². The van der Waals surface area contributed by atoms with Crippen molar-refractivity contribution < 1.29 is 23.9 Å². The van der Waals surface area contributed by atoms with Gasteiger partial charge < -0.3 is 10.1 Å². The lowest BCUT2D eigenvalue weighted by molar-refractivity contribution is -0.154. The summed E-state index contributed by atoms with van der Waals surface area (Å²) in [5.74, 6) is -1.25. The van der Waals surface area contributed by atoms with Crippen LogP contribution >= 0.6 is 11.8 Å². The van der Waals surface area contributed by atoms with E-state index in [1.807, 2.05) is 91.0 Å². The molecule has 1 saturated heterocycles. The normalized spacial score (nSPS) is 18.6. The lowest BCUT2D eigenvalue weighted by Gasteiger charge is -2.49. The van der Waals surface area contributed by atoms with E-state index in [-0.39, 0.29) is 29.4 Å². The zero-order valence-corrected chi connectivity index (χ0v) is 20.6. The maximum atomic E-state index is 13.5. The Bertz CT molecular complexity index is 1300. The summed E-state index contributed by atoms with van der Waals surface area (Å²) in [7, 11) is 0. The summed E-state index contributed by atoms with van der Waals surface area (Å²) in [5.41, 5.74) is 2.49. The molecule has 0 spiro atoms. The van der Waals surface area contributed by atoms with E-state index in [9.17, 15) is 19.2 Å². The molecule has 3 aromatic carbocycles. The van der Waals surface area contributed by atoms with Crippen LogP contribution in [0.25, 0.3) is 0 Å². The molecule has 2 atom stereocenters. The summed E-state index contributed by atoms with van der Waals surface area (Å²) in [6.07, 6.45) is 0.0115. The van der Waals surface area contributed by atoms with Gasteiger partial charge in [-0.3, -0.25) is 19.3 Å². The van der Waals surface area contributed by atoms with Gasteiger partial charge in [0.2, 0.25) is 5.91 Å². The fraction of sp³-hybridized carbons (Fsp3) is 0.172. The summed E-state index contributed by atoms with van der Waals surface area (Å²) in [6.45, 7) is 0. The standard InChI is InChI=1S/C29H24N2O5S/c32-17-22-18-37-28-24(30-23(33)16-19-10-4-1-5-11-19)27(34)31(28)25(22)29(35)36-26(20-12-6-2-7-13-20)21-14-8-3-9-15-21/h1-15,17,24,26,28H,16,18H2,(H,30,33)/t24-,28+/m1/s1. The molecule has 8 heteroatoms. The molecular formula is C29H24N2O5S. The number of benzene rings is 3. The van der Waals surface area contributed by atoms with E-state index in [1.54, 1.807) is 0 Å². The number of aldehydes is 1. The first-order valence-electron chi connectivity index (χ1n) is 11.8. The van der Waals surface area contributed by atoms with E-state index in [4.69, 9.17) is 4.74 Å². The zero-order chi connectivity index (χ0) is 25.8. The van der Waals surface area contributed by atoms with Gasteiger partial charge in [0.15, 0.2) is 6.10 Å². The molecule has 5 rings (SSSR count). The molecule has 2 aliphatic heterocycles. The van der Waals surface area contributed by atoms with Gasteiger partial charge in [0.05, 0.1) is 6.42 Å². The van der Waals surface area contributed by atoms with Crippen molar-refractivity contribution in [1.29, 1.82) is 0 Å². The van der Waals surface area contributed by atoms with E-state index >= 15 is 0 Å². The largest absolute Gasteiger partial charge is 0.448 e. The fourth-order valence-corrected chi connectivity index (χ4v) is 5.77. The Morgan fingerprint density at radius 3 is 2.08 bits per heavy atom. The third-order valence-electron chi connectivity index (χ3n) is 6.29. The van der Waals surface area contributed by atoms with Crippen LogP contribution in [0.2, 0.25) is 0 Å². The van der Waals surface area contributed by atoms with Crippen LogP contribution in [0.5, 0.6) is 0 Å². The second kappa shape index (κ2) is 10.8. The number of rotatable bonds is 8. The third kappa shape index (κ3) is 5.06. The van der Waals surface area contributed by atoms with Gasteiger partial charge in [-0.2, -0.15) is 0 Å². The molecule has 0 aromatic heterocycles. The summed E-state index contributed by atoms with van der Waals surface area (Å²) >= 11 is 1.33. The SMILES string of the molecule is O=CC1=C(C(=O)OC(c2ccccc2)c2ccccc2)N2C(=O)[C@@H](NC(=O)Cc3ccccc3)[C@@H]2SC1. The van der Waals surface area contributed by atoms with Crippen molar-refractivity contribution in [2.75, 3.05) is 5.75 Å². The number of ether oxygens (including phenoxy) is 1. The number of hydrogen-bond donors (Lipinski definition) is 1. The van der Waals surface area contributed by atoms with Crippen molar-refractivity contribution in [3.05, 3.63) is 119 Å². The lowest BCUT2D eigenvalue weighted by atomic mass is 10.0. The number of thioether (sulfide) groups is 1. The summed E-state index contributed by atoms with van der Waals surface area (Å²) in [5, 5.41) is 2.29. The molecule has 2 aliphatic rings. The average Bonchev–Trinajstić information content (AvgIpc) is 2.95. The highest BCUT2D eigenvalue weighted by atomic mass is 32.2. The minimum atomic E-state index is -0.781. The first kappa shape index (κ1) is 24.5. The van der Waals surface area contributed by atoms with Crippen molar-refractivity contribution in [3.8, 4) is 0 Å². The molecule has 2 heterocycles. The van der Waals surface area contributed by atoms with Crippen molar-refractivity contribution in [2.45, 2.75) is 23.9 Å². The van der Waals surface area contributed by atoms with E-state index < -0.39 is 29.4 Å². The lowest BCUT2D eigenvalue weighted by Crippen LogP contribution is -2.70. The first-order valence-corrected chi connectivity index (χ1v) is 12.9. The van der Waals surface area contributed by atoms with Gasteiger partial charge >= 0.3 is 5.97 Å². The topological polar surface area (TPSA) is 92.8 Å². The van der Waals surface area contributed by atoms with E-state index in [1.165, 1.54) is 16.7 Å². The molecule has 37 heavy (non-hydrogen) atoms. The van der Waals surface area contributed by atoms with Crippen LogP contribution in [-0.2, 0) is 30.3 Å². The summed E-state index contributed by atoms with van der Waals surface area (Å²) in [6, 6.07) is 27.0. The number of carbonyl (C=O) groups is 4. The van der Waals surface area contributed by atoms with Gasteiger partial charge in [0.1, 0.15) is 23.4 Å². The van der Waals surface area contributed by atoms with Gasteiger partial charge in [-0.25, -0.2) is 4.79 Å². The Labute approximate surface area is 218 Å². The number of nitrogens with one attached hydrogen (secondary N) is 1. The number of nitrogens with zero attached hydrogens (tertiary/aromatic N) is 1. The number of fused-ring (bicyclic) bond motifs is 1. The number of amides is 2. The van der Waals surface area contributed by atoms with Crippen molar-refractivity contribution >= 4 is 35.8 Å². The molecule has 1 fully saturated rings. The van der Waals surface area contributed by atoms with Crippen LogP contribution in [0.1, 0.15) is 22.8 Å². The predicted molar refractivity (Wildman–Crippen MR) is 139 cm³/mol. The first-order chi connectivity index (χ1) is 18.1. The molecule has 2 amide bonds. The monoisotopic (exact) mass is 512 g/mol. The van der Waals surface area contributed by atoms with Crippen LogP contribution in [0.4, 0.5) is 0 Å². The smallest absolute Gasteiger partial charge is 0.356 e. The second-order valence-electron chi connectivity index (χ2n) is 8.72. The van der Waals surface area contributed by atoms with Crippen LogP contribution in [0.15, 0.2) is 102 Å². The number of carbonyl (C=O) groups excluding carboxylic acids is 4. The molecule has 7 nitrogen and oxygen atoms in total. The molecule has 3 aromatic rings. The Kier molecular flexibility index (Phi) is 7.18. The minimum absolute atomic E-state index is 0.0610. The molecule has 0 unspecified atom stereocenters. The van der Waals surface area contributed by atoms with Crippen molar-refractivity contribution in [2.24, 2.45) is 0 Å². The Hall–Kier alpha value is -4.17. The molecule has 1 N–H and O–H groups in total. The Balaban J connectivity index is 1.35. The average molecular weight is 513 g/mol. The second-order valence-corrected chi connectivity index (χ2v) is 9.82. The van der Waals surface area contributed by atoms with Gasteiger partial charge in [0.25, 0.3) is 5.91 Å². The number of hydrogen-bond acceptors (Lipinski definition) is 6. The van der Waals surface area contributed by atoms with Gasteiger partial charge in [-0.15, -0.1) is 11.8 Å². The Morgan fingerprint density at radius 2 is 1.51 bits per heavy atom. The summed E-state index contributed by atoms with van der Waals surface area (Å²) < 4.78 is 5.94. The number of β-lactam (4-membered cyclic amide) rings is 1. The highest BCUT2D eigenvalue weighted by Crippen LogP contribution is 2.41. The van der Waals surface area contributed by atoms with Crippen LogP contribution < -0.4 is 5.32 Å². The molecule has 0 bridgehead atoms. The highest BCUT2D eigenvalue weighted by molar-refractivity contribution is 8.00. The zero-order valence-electron chi connectivity index (χ0n) is 19.8. The highest BCUT2D eigenvalue weighted by Gasteiger charge is 2.54. The van der Waals surface area contributed by atoms with Gasteiger partial charge in [0, 0.05) is 11.3 Å². The van der Waals surface area contributed by atoms with E-state index in [0.717, 1.165) is 16.7 Å². The van der Waals surface area contributed by atoms with Crippen molar-refractivity contribution in [3.63, 3.8) is 0 Å². The molecule has 0 aliphatic carbocycles. The molecular weight excluding hydrogens is 488 g/mol. The maximum Gasteiger partial charge on any atom is 0.356 e. The van der Waals surface area contributed by atoms with E-state index in [0.29, 0.717) is 6.29 Å². The molecule has 186 valence electrons. The maximum absolute atomic E-state index is 13.5. The summed E-state index contributed by atoms with van der Waals surface area (Å²) in [4.78, 5) is 52.3. The van der Waals surface area contributed by atoms with E-state index in [2.05, 4.69) is 5.32 Å².